The molecule has 0 spiro atoms. The van der Waals surface area contributed by atoms with Gasteiger partial charge in [0, 0.05) is 12.6 Å². The molecule has 0 aromatic rings. The molecule has 1 aliphatic heterocycles. The van der Waals surface area contributed by atoms with Gasteiger partial charge in [-0.2, -0.15) is 0 Å². The summed E-state index contributed by atoms with van der Waals surface area (Å²) in [5.41, 5.74) is 0. The van der Waals surface area contributed by atoms with E-state index in [2.05, 4.69) is 29.2 Å². The fourth-order valence-corrected chi connectivity index (χ4v) is 2.53. The van der Waals surface area contributed by atoms with Crippen molar-refractivity contribution in [2.45, 2.75) is 38.3 Å². The van der Waals surface area contributed by atoms with Crippen LogP contribution in [-0.2, 0) is 4.79 Å². The molecule has 106 valence electrons. The molecule has 1 atom stereocenters. The van der Waals surface area contributed by atoms with Crippen molar-refractivity contribution in [2.75, 3.05) is 40.3 Å². The molecule has 0 saturated carbocycles. The van der Waals surface area contributed by atoms with Crippen molar-refractivity contribution in [3.8, 4) is 0 Å². The van der Waals surface area contributed by atoms with Crippen LogP contribution >= 0.6 is 0 Å². The van der Waals surface area contributed by atoms with Gasteiger partial charge in [0.25, 0.3) is 0 Å². The van der Waals surface area contributed by atoms with E-state index in [1.807, 2.05) is 6.92 Å². The summed E-state index contributed by atoms with van der Waals surface area (Å²) in [6, 6.07) is 0.284. The van der Waals surface area contributed by atoms with E-state index >= 15 is 0 Å². The molecule has 1 unspecified atom stereocenters. The lowest BCUT2D eigenvalue weighted by atomic mass is 10.0. The number of likely N-dealkylation sites (tertiary alicyclic amines) is 1. The Balaban J connectivity index is 2.26. The van der Waals surface area contributed by atoms with Gasteiger partial charge in [0.1, 0.15) is 6.04 Å². The lowest BCUT2D eigenvalue weighted by Crippen LogP contribution is -2.44. The molecule has 0 aliphatic carbocycles. The van der Waals surface area contributed by atoms with E-state index in [0.29, 0.717) is 19.0 Å². The average Bonchev–Trinajstić information content (AvgIpc) is 2.34. The minimum Gasteiger partial charge on any atom is -0.480 e. The SMILES string of the molecule is CCNC(CCN1CCC(N(C)C)CC1)C(=O)O. The maximum Gasteiger partial charge on any atom is 0.320 e. The average molecular weight is 257 g/mol. The third kappa shape index (κ3) is 4.92. The van der Waals surface area contributed by atoms with Crippen molar-refractivity contribution >= 4 is 5.97 Å². The van der Waals surface area contributed by atoms with Crippen molar-refractivity contribution < 1.29 is 9.90 Å². The Bertz CT molecular complexity index is 251. The quantitative estimate of drug-likeness (QED) is 0.694. The predicted octanol–water partition coefficient (Wildman–Crippen LogP) is 0.465. The third-order valence-corrected chi connectivity index (χ3v) is 3.77. The van der Waals surface area contributed by atoms with E-state index in [1.54, 1.807) is 0 Å². The zero-order valence-electron chi connectivity index (χ0n) is 11.9. The number of carboxylic acid groups (broad SMARTS) is 1. The highest BCUT2D eigenvalue weighted by Crippen LogP contribution is 2.14. The Morgan fingerprint density at radius 2 is 2.06 bits per heavy atom. The van der Waals surface area contributed by atoms with Gasteiger partial charge in [-0.15, -0.1) is 0 Å². The Hall–Kier alpha value is -0.650. The molecule has 0 amide bonds. The minimum atomic E-state index is -0.736. The maximum atomic E-state index is 11.0. The Morgan fingerprint density at radius 1 is 1.44 bits per heavy atom. The first-order chi connectivity index (χ1) is 8.54. The smallest absolute Gasteiger partial charge is 0.320 e. The van der Waals surface area contributed by atoms with Crippen molar-refractivity contribution in [3.05, 3.63) is 0 Å². The number of piperidine rings is 1. The molecule has 0 radical (unpaired) electrons. The zero-order valence-corrected chi connectivity index (χ0v) is 11.9. The molecule has 18 heavy (non-hydrogen) atoms. The van der Waals surface area contributed by atoms with Crippen molar-refractivity contribution in [1.29, 1.82) is 0 Å². The van der Waals surface area contributed by atoms with Crippen LogP contribution in [0.5, 0.6) is 0 Å². The van der Waals surface area contributed by atoms with Crippen LogP contribution in [-0.4, -0.2) is 73.2 Å². The second-order valence-electron chi connectivity index (χ2n) is 5.27. The highest BCUT2D eigenvalue weighted by Gasteiger charge is 2.22. The number of rotatable bonds is 7. The summed E-state index contributed by atoms with van der Waals surface area (Å²) in [7, 11) is 4.26. The summed E-state index contributed by atoms with van der Waals surface area (Å²) in [6.45, 7) is 5.70. The van der Waals surface area contributed by atoms with Crippen LogP contribution in [0.2, 0.25) is 0 Å². The molecule has 1 rings (SSSR count). The lowest BCUT2D eigenvalue weighted by molar-refractivity contribution is -0.139. The van der Waals surface area contributed by atoms with Gasteiger partial charge in [-0.05, 0) is 53.0 Å². The first kappa shape index (κ1) is 15.4. The Kier molecular flexibility index (Phi) is 6.60. The van der Waals surface area contributed by atoms with Crippen molar-refractivity contribution in [1.82, 2.24) is 15.1 Å². The van der Waals surface area contributed by atoms with Crippen LogP contribution < -0.4 is 5.32 Å². The molecule has 2 N–H and O–H groups in total. The summed E-state index contributed by atoms with van der Waals surface area (Å²) in [5.74, 6) is -0.736. The van der Waals surface area contributed by atoms with Crippen LogP contribution in [0.25, 0.3) is 0 Å². The minimum absolute atomic E-state index is 0.401. The number of likely N-dealkylation sites (N-methyl/N-ethyl adjacent to an activating group) is 1. The fraction of sp³-hybridized carbons (Fsp3) is 0.923. The molecular formula is C13H27N3O2. The van der Waals surface area contributed by atoms with E-state index in [4.69, 9.17) is 5.11 Å². The van der Waals surface area contributed by atoms with Gasteiger partial charge in [-0.3, -0.25) is 4.79 Å². The molecule has 1 fully saturated rings. The topological polar surface area (TPSA) is 55.8 Å². The van der Waals surface area contributed by atoms with Crippen molar-refractivity contribution in [3.63, 3.8) is 0 Å². The van der Waals surface area contributed by atoms with Crippen LogP contribution in [0.3, 0.4) is 0 Å². The number of hydrogen-bond acceptors (Lipinski definition) is 4. The third-order valence-electron chi connectivity index (χ3n) is 3.77. The molecule has 1 saturated heterocycles. The monoisotopic (exact) mass is 257 g/mol. The first-order valence-electron chi connectivity index (χ1n) is 6.89. The van der Waals surface area contributed by atoms with E-state index in [1.165, 1.54) is 12.8 Å². The van der Waals surface area contributed by atoms with E-state index in [9.17, 15) is 4.79 Å². The number of carbonyl (C=O) groups is 1. The largest absolute Gasteiger partial charge is 0.480 e. The second-order valence-corrected chi connectivity index (χ2v) is 5.27. The van der Waals surface area contributed by atoms with Gasteiger partial charge < -0.3 is 20.2 Å². The summed E-state index contributed by atoms with van der Waals surface area (Å²) < 4.78 is 0. The number of carboxylic acids is 1. The highest BCUT2D eigenvalue weighted by molar-refractivity contribution is 5.73. The summed E-state index contributed by atoms with van der Waals surface area (Å²) in [5, 5.41) is 12.1. The number of hydrogen-bond donors (Lipinski definition) is 2. The zero-order chi connectivity index (χ0) is 13.5. The van der Waals surface area contributed by atoms with Crippen LogP contribution in [0.4, 0.5) is 0 Å². The number of nitrogens with zero attached hydrogens (tertiary/aromatic N) is 2. The second kappa shape index (κ2) is 7.71. The molecule has 1 aliphatic rings. The van der Waals surface area contributed by atoms with Gasteiger partial charge in [0.2, 0.25) is 0 Å². The number of nitrogens with one attached hydrogen (secondary N) is 1. The standard InChI is InChI=1S/C13H27N3O2/c1-4-14-12(13(17)18)7-10-16-8-5-11(6-9-16)15(2)3/h11-12,14H,4-10H2,1-3H3,(H,17,18). The summed E-state index contributed by atoms with van der Waals surface area (Å²) >= 11 is 0. The highest BCUT2D eigenvalue weighted by atomic mass is 16.4. The fourth-order valence-electron chi connectivity index (χ4n) is 2.53. The molecule has 0 aromatic carbocycles. The van der Waals surface area contributed by atoms with Gasteiger partial charge >= 0.3 is 5.97 Å². The Morgan fingerprint density at radius 3 is 2.50 bits per heavy atom. The summed E-state index contributed by atoms with van der Waals surface area (Å²) in [4.78, 5) is 15.7. The molecule has 0 bridgehead atoms. The predicted molar refractivity (Wildman–Crippen MR) is 72.9 cm³/mol. The molecular weight excluding hydrogens is 230 g/mol. The Labute approximate surface area is 110 Å². The summed E-state index contributed by atoms with van der Waals surface area (Å²) in [6.07, 6.45) is 3.06. The molecule has 5 nitrogen and oxygen atoms in total. The van der Waals surface area contributed by atoms with Gasteiger partial charge in [-0.1, -0.05) is 6.92 Å². The lowest BCUT2D eigenvalue weighted by Gasteiger charge is -2.35. The van der Waals surface area contributed by atoms with Crippen LogP contribution in [0.15, 0.2) is 0 Å². The maximum absolute atomic E-state index is 11.0. The van der Waals surface area contributed by atoms with Crippen molar-refractivity contribution in [2.24, 2.45) is 0 Å². The van der Waals surface area contributed by atoms with E-state index in [0.717, 1.165) is 19.6 Å². The normalized spacial score (nSPS) is 20.2. The van der Waals surface area contributed by atoms with Gasteiger partial charge in [0.15, 0.2) is 0 Å². The first-order valence-corrected chi connectivity index (χ1v) is 6.89. The van der Waals surface area contributed by atoms with Gasteiger partial charge in [0.05, 0.1) is 0 Å². The molecule has 1 heterocycles. The van der Waals surface area contributed by atoms with Crippen LogP contribution in [0, 0.1) is 0 Å². The van der Waals surface area contributed by atoms with E-state index in [-0.39, 0.29) is 0 Å². The number of aliphatic carboxylic acids is 1. The van der Waals surface area contributed by atoms with Gasteiger partial charge in [-0.25, -0.2) is 0 Å². The molecule has 0 aromatic heterocycles. The van der Waals surface area contributed by atoms with E-state index < -0.39 is 12.0 Å². The molecule has 5 heteroatoms. The van der Waals surface area contributed by atoms with Crippen LogP contribution in [0.1, 0.15) is 26.2 Å².